The molecule has 0 saturated heterocycles. The number of carboxylic acid groups (broad SMARTS) is 1. The molecule has 3 rings (SSSR count). The number of hydrogen-bond acceptors (Lipinski definition) is 3. The number of halogens is 1. The van der Waals surface area contributed by atoms with Crippen LogP contribution < -0.4 is 5.32 Å². The molecule has 0 radical (unpaired) electrons. The summed E-state index contributed by atoms with van der Waals surface area (Å²) in [4.78, 5) is 24.8. The van der Waals surface area contributed by atoms with E-state index >= 15 is 0 Å². The number of amides is 1. The van der Waals surface area contributed by atoms with E-state index in [0.717, 1.165) is 10.5 Å². The molecule has 2 aromatic rings. The molecule has 2 N–H and O–H groups in total. The summed E-state index contributed by atoms with van der Waals surface area (Å²) in [5.74, 6) is -1.30. The van der Waals surface area contributed by atoms with Crippen LogP contribution in [-0.4, -0.2) is 22.7 Å². The Balaban J connectivity index is 1.79. The standard InChI is InChI=1S/C18H16FNO3S/c19-12-7-5-11(6-8-12)15(9-17(21)22)20-18(23)14-10-24-16-4-2-1-3-13(14)16/h1-8,14-15H,9-10H2,(H,20,23)(H,21,22). The molecular formula is C18H16FNO3S. The molecule has 6 heteroatoms. The van der Waals surface area contributed by atoms with Crippen molar-refractivity contribution in [2.24, 2.45) is 0 Å². The molecule has 0 aliphatic carbocycles. The SMILES string of the molecule is O=C(O)CC(NC(=O)C1CSc2ccccc21)c1ccc(F)cc1. The first kappa shape index (κ1) is 16.5. The topological polar surface area (TPSA) is 66.4 Å². The summed E-state index contributed by atoms with van der Waals surface area (Å²) in [6.45, 7) is 0. The van der Waals surface area contributed by atoms with Crippen molar-refractivity contribution >= 4 is 23.6 Å². The molecule has 2 unspecified atom stereocenters. The van der Waals surface area contributed by atoms with Crippen LogP contribution in [0.1, 0.15) is 29.5 Å². The highest BCUT2D eigenvalue weighted by Crippen LogP contribution is 2.39. The highest BCUT2D eigenvalue weighted by molar-refractivity contribution is 7.99. The lowest BCUT2D eigenvalue weighted by Gasteiger charge is -2.20. The van der Waals surface area contributed by atoms with Gasteiger partial charge in [0.05, 0.1) is 18.4 Å². The van der Waals surface area contributed by atoms with Gasteiger partial charge < -0.3 is 10.4 Å². The molecular weight excluding hydrogens is 329 g/mol. The van der Waals surface area contributed by atoms with Crippen molar-refractivity contribution in [3.05, 3.63) is 65.5 Å². The summed E-state index contributed by atoms with van der Waals surface area (Å²) in [5, 5.41) is 11.9. The summed E-state index contributed by atoms with van der Waals surface area (Å²) in [7, 11) is 0. The number of benzene rings is 2. The number of nitrogens with one attached hydrogen (secondary N) is 1. The molecule has 24 heavy (non-hydrogen) atoms. The third-order valence-electron chi connectivity index (χ3n) is 3.98. The maximum absolute atomic E-state index is 13.1. The second-order valence-corrected chi connectivity index (χ2v) is 6.67. The molecule has 0 spiro atoms. The number of rotatable bonds is 5. The zero-order valence-corrected chi connectivity index (χ0v) is 13.6. The van der Waals surface area contributed by atoms with Gasteiger partial charge in [0.1, 0.15) is 5.82 Å². The van der Waals surface area contributed by atoms with Crippen LogP contribution in [0.5, 0.6) is 0 Å². The predicted molar refractivity (Wildman–Crippen MR) is 89.4 cm³/mol. The lowest BCUT2D eigenvalue weighted by molar-refractivity contribution is -0.137. The summed E-state index contributed by atoms with van der Waals surface area (Å²) in [6, 6.07) is 12.5. The van der Waals surface area contributed by atoms with E-state index in [9.17, 15) is 14.0 Å². The Bertz CT molecular complexity index is 763. The van der Waals surface area contributed by atoms with Crippen molar-refractivity contribution in [1.82, 2.24) is 5.32 Å². The van der Waals surface area contributed by atoms with Crippen LogP contribution in [0.15, 0.2) is 53.4 Å². The number of fused-ring (bicyclic) bond motifs is 1. The minimum Gasteiger partial charge on any atom is -0.481 e. The van der Waals surface area contributed by atoms with Crippen molar-refractivity contribution in [2.75, 3.05) is 5.75 Å². The summed E-state index contributed by atoms with van der Waals surface area (Å²) < 4.78 is 13.1. The maximum atomic E-state index is 13.1. The van der Waals surface area contributed by atoms with Gasteiger partial charge in [-0.15, -0.1) is 11.8 Å². The third-order valence-corrected chi connectivity index (χ3v) is 5.17. The Morgan fingerprint density at radius 2 is 1.92 bits per heavy atom. The van der Waals surface area contributed by atoms with Crippen LogP contribution in [-0.2, 0) is 9.59 Å². The number of hydrogen-bond donors (Lipinski definition) is 2. The van der Waals surface area contributed by atoms with Crippen LogP contribution in [0.25, 0.3) is 0 Å². The van der Waals surface area contributed by atoms with Crippen molar-refractivity contribution in [1.29, 1.82) is 0 Å². The number of aliphatic carboxylic acids is 1. The van der Waals surface area contributed by atoms with E-state index in [4.69, 9.17) is 5.11 Å². The molecule has 4 nitrogen and oxygen atoms in total. The molecule has 124 valence electrons. The van der Waals surface area contributed by atoms with Crippen molar-refractivity contribution in [2.45, 2.75) is 23.3 Å². The zero-order chi connectivity index (χ0) is 17.1. The second kappa shape index (κ2) is 7.05. The van der Waals surface area contributed by atoms with Crippen LogP contribution >= 0.6 is 11.8 Å². The second-order valence-electron chi connectivity index (χ2n) is 5.61. The highest BCUT2D eigenvalue weighted by Gasteiger charge is 2.30. The fourth-order valence-corrected chi connectivity index (χ4v) is 4.00. The van der Waals surface area contributed by atoms with Crippen molar-refractivity contribution in [3.63, 3.8) is 0 Å². The van der Waals surface area contributed by atoms with Crippen LogP contribution in [0.3, 0.4) is 0 Å². The van der Waals surface area contributed by atoms with E-state index < -0.39 is 17.8 Å². The molecule has 1 amide bonds. The van der Waals surface area contributed by atoms with Crippen LogP contribution in [0, 0.1) is 5.82 Å². The van der Waals surface area contributed by atoms with Gasteiger partial charge in [-0.2, -0.15) is 0 Å². The highest BCUT2D eigenvalue weighted by atomic mass is 32.2. The molecule has 2 atom stereocenters. The first-order valence-corrected chi connectivity index (χ1v) is 8.52. The Kier molecular flexibility index (Phi) is 4.85. The number of carbonyl (C=O) groups excluding carboxylic acids is 1. The Hall–Kier alpha value is -2.34. The first-order chi connectivity index (χ1) is 11.5. The summed E-state index contributed by atoms with van der Waals surface area (Å²) in [6.07, 6.45) is -0.251. The van der Waals surface area contributed by atoms with Gasteiger partial charge in [-0.05, 0) is 29.3 Å². The number of carbonyl (C=O) groups is 2. The normalized spacial score (nSPS) is 17.1. The van der Waals surface area contributed by atoms with Gasteiger partial charge in [0.25, 0.3) is 0 Å². The Morgan fingerprint density at radius 1 is 1.21 bits per heavy atom. The van der Waals surface area contributed by atoms with Gasteiger partial charge in [0, 0.05) is 10.6 Å². The van der Waals surface area contributed by atoms with Gasteiger partial charge in [0.2, 0.25) is 5.91 Å². The largest absolute Gasteiger partial charge is 0.481 e. The van der Waals surface area contributed by atoms with Crippen LogP contribution in [0.4, 0.5) is 4.39 Å². The van der Waals surface area contributed by atoms with Gasteiger partial charge in [-0.25, -0.2) is 4.39 Å². The minimum atomic E-state index is -1.02. The number of carboxylic acids is 1. The molecule has 0 fully saturated rings. The van der Waals surface area contributed by atoms with E-state index in [1.54, 1.807) is 11.8 Å². The van der Waals surface area contributed by atoms with Crippen molar-refractivity contribution in [3.8, 4) is 0 Å². The molecule has 1 aliphatic heterocycles. The van der Waals surface area contributed by atoms with E-state index in [1.165, 1.54) is 24.3 Å². The lowest BCUT2D eigenvalue weighted by Crippen LogP contribution is -2.34. The summed E-state index contributed by atoms with van der Waals surface area (Å²) >= 11 is 1.62. The van der Waals surface area contributed by atoms with Crippen LogP contribution in [0.2, 0.25) is 0 Å². The quantitative estimate of drug-likeness (QED) is 0.872. The van der Waals surface area contributed by atoms with Gasteiger partial charge in [-0.1, -0.05) is 30.3 Å². The smallest absolute Gasteiger partial charge is 0.305 e. The molecule has 0 bridgehead atoms. The minimum absolute atomic E-state index is 0.206. The molecule has 0 saturated carbocycles. The van der Waals surface area contributed by atoms with Gasteiger partial charge in [-0.3, -0.25) is 9.59 Å². The Labute approximate surface area is 143 Å². The number of thioether (sulfide) groups is 1. The molecule has 2 aromatic carbocycles. The van der Waals surface area contributed by atoms with E-state index in [-0.39, 0.29) is 18.2 Å². The molecule has 1 aliphatic rings. The maximum Gasteiger partial charge on any atom is 0.305 e. The average Bonchev–Trinajstić information content (AvgIpc) is 2.98. The third kappa shape index (κ3) is 3.59. The Morgan fingerprint density at radius 3 is 2.62 bits per heavy atom. The fourth-order valence-electron chi connectivity index (χ4n) is 2.77. The van der Waals surface area contributed by atoms with E-state index in [1.807, 2.05) is 24.3 Å². The molecule has 1 heterocycles. The van der Waals surface area contributed by atoms with Gasteiger partial charge >= 0.3 is 5.97 Å². The lowest BCUT2D eigenvalue weighted by atomic mass is 9.98. The predicted octanol–water partition coefficient (Wildman–Crippen LogP) is 3.35. The monoisotopic (exact) mass is 345 g/mol. The summed E-state index contributed by atoms with van der Waals surface area (Å²) in [5.41, 5.74) is 1.54. The molecule has 0 aromatic heterocycles. The average molecular weight is 345 g/mol. The van der Waals surface area contributed by atoms with E-state index in [0.29, 0.717) is 11.3 Å². The first-order valence-electron chi connectivity index (χ1n) is 7.54. The van der Waals surface area contributed by atoms with E-state index in [2.05, 4.69) is 5.32 Å². The zero-order valence-electron chi connectivity index (χ0n) is 12.7. The fraction of sp³-hybridized carbons (Fsp3) is 0.222. The van der Waals surface area contributed by atoms with Crippen molar-refractivity contribution < 1.29 is 19.1 Å². The van der Waals surface area contributed by atoms with Gasteiger partial charge in [0.15, 0.2) is 0 Å².